The first-order valence-electron chi connectivity index (χ1n) is 11.7. The van der Waals surface area contributed by atoms with E-state index in [-0.39, 0.29) is 0 Å². The Morgan fingerprint density at radius 1 is 1.00 bits per heavy atom. The Hall–Kier alpha value is -3.31. The van der Waals surface area contributed by atoms with Crippen molar-refractivity contribution in [2.45, 2.75) is 34.3 Å². The van der Waals surface area contributed by atoms with Crippen molar-refractivity contribution in [1.29, 1.82) is 0 Å². The summed E-state index contributed by atoms with van der Waals surface area (Å²) in [7, 11) is 0. The Balaban J connectivity index is 1.57. The van der Waals surface area contributed by atoms with Crippen LogP contribution >= 0.6 is 0 Å². The second-order valence-corrected chi connectivity index (χ2v) is 8.36. The molecule has 0 spiro atoms. The monoisotopic (exact) mass is 443 g/mol. The fourth-order valence-electron chi connectivity index (χ4n) is 4.24. The number of aromatic nitrogens is 1. The summed E-state index contributed by atoms with van der Waals surface area (Å²) in [6.45, 7) is 12.7. The first-order valence-corrected chi connectivity index (χ1v) is 11.7. The van der Waals surface area contributed by atoms with Gasteiger partial charge < -0.3 is 19.5 Å². The van der Waals surface area contributed by atoms with Crippen LogP contribution in [0.2, 0.25) is 0 Å². The summed E-state index contributed by atoms with van der Waals surface area (Å²) < 4.78 is 6.08. The van der Waals surface area contributed by atoms with Gasteiger partial charge in [0.15, 0.2) is 0 Å². The van der Waals surface area contributed by atoms with E-state index in [1.165, 1.54) is 16.5 Å². The van der Waals surface area contributed by atoms with Crippen LogP contribution in [0.4, 0.5) is 0 Å². The molecule has 0 aliphatic rings. The molecule has 4 aromatic rings. The highest BCUT2D eigenvalue weighted by Gasteiger charge is 2.13. The maximum Gasteiger partial charge on any atom is 0.129 e. The molecule has 0 amide bonds. The Kier molecular flexibility index (Phi) is 7.30. The number of hydrogen-bond acceptors (Lipinski definition) is 4. The number of rotatable bonds is 10. The Bertz CT molecular complexity index is 1240. The standard InChI is InChI=1S/C28H33N3O2/c1-5-31(6-2)14-15-33-29-18-23-16-20(3)28-27(21(23)4)25-17-24(12-13-26(25)30-28)32-19-22-10-8-7-9-11-22/h7-13,16-18,30H,5-6,14-15,19H2,1-4H3. The molecule has 33 heavy (non-hydrogen) atoms. The van der Waals surface area contributed by atoms with Gasteiger partial charge in [0.2, 0.25) is 0 Å². The van der Waals surface area contributed by atoms with E-state index in [0.29, 0.717) is 13.2 Å². The number of ether oxygens (including phenoxy) is 1. The predicted octanol–water partition coefficient (Wildman–Crippen LogP) is 6.21. The van der Waals surface area contributed by atoms with Crippen molar-refractivity contribution in [3.8, 4) is 5.75 Å². The van der Waals surface area contributed by atoms with Gasteiger partial charge in [-0.15, -0.1) is 0 Å². The van der Waals surface area contributed by atoms with Crippen molar-refractivity contribution in [3.05, 3.63) is 76.9 Å². The number of likely N-dealkylation sites (N-methyl/N-ethyl adjacent to an activating group) is 1. The van der Waals surface area contributed by atoms with Crippen molar-refractivity contribution in [1.82, 2.24) is 9.88 Å². The molecule has 0 unspecified atom stereocenters. The van der Waals surface area contributed by atoms with Crippen LogP contribution in [0, 0.1) is 13.8 Å². The highest BCUT2D eigenvalue weighted by Crippen LogP contribution is 2.34. The lowest BCUT2D eigenvalue weighted by Gasteiger charge is -2.16. The van der Waals surface area contributed by atoms with E-state index in [1.807, 2.05) is 30.5 Å². The largest absolute Gasteiger partial charge is 0.489 e. The van der Waals surface area contributed by atoms with E-state index in [4.69, 9.17) is 9.57 Å². The van der Waals surface area contributed by atoms with Crippen molar-refractivity contribution in [2.24, 2.45) is 5.16 Å². The number of aryl methyl sites for hydroxylation is 2. The third-order valence-electron chi connectivity index (χ3n) is 6.25. The number of fused-ring (bicyclic) bond motifs is 3. The van der Waals surface area contributed by atoms with Gasteiger partial charge in [0.1, 0.15) is 19.0 Å². The third kappa shape index (κ3) is 5.20. The van der Waals surface area contributed by atoms with Crippen molar-refractivity contribution >= 4 is 28.0 Å². The van der Waals surface area contributed by atoms with Crippen LogP contribution in [-0.4, -0.2) is 42.3 Å². The minimum atomic E-state index is 0.551. The fraction of sp³-hybridized carbons (Fsp3) is 0.321. The lowest BCUT2D eigenvalue weighted by Crippen LogP contribution is -2.26. The van der Waals surface area contributed by atoms with Crippen LogP contribution in [0.25, 0.3) is 21.8 Å². The number of nitrogens with zero attached hydrogens (tertiary/aromatic N) is 2. The summed E-state index contributed by atoms with van der Waals surface area (Å²) in [4.78, 5) is 11.4. The van der Waals surface area contributed by atoms with Gasteiger partial charge in [0, 0.05) is 33.9 Å². The summed E-state index contributed by atoms with van der Waals surface area (Å²) in [6, 6.07) is 18.6. The number of benzene rings is 3. The molecule has 0 bridgehead atoms. The zero-order valence-electron chi connectivity index (χ0n) is 20.0. The third-order valence-corrected chi connectivity index (χ3v) is 6.25. The summed E-state index contributed by atoms with van der Waals surface area (Å²) >= 11 is 0. The minimum absolute atomic E-state index is 0.551. The average molecular weight is 444 g/mol. The van der Waals surface area contributed by atoms with Gasteiger partial charge in [0.05, 0.1) is 6.21 Å². The quantitative estimate of drug-likeness (QED) is 0.180. The van der Waals surface area contributed by atoms with Gasteiger partial charge in [-0.1, -0.05) is 49.3 Å². The second-order valence-electron chi connectivity index (χ2n) is 8.36. The minimum Gasteiger partial charge on any atom is -0.489 e. The Morgan fingerprint density at radius 3 is 2.55 bits per heavy atom. The van der Waals surface area contributed by atoms with Gasteiger partial charge in [0.25, 0.3) is 0 Å². The topological polar surface area (TPSA) is 49.8 Å². The molecular formula is C28H33N3O2. The van der Waals surface area contributed by atoms with Gasteiger partial charge in [-0.3, -0.25) is 0 Å². The fourth-order valence-corrected chi connectivity index (χ4v) is 4.24. The molecule has 1 aromatic heterocycles. The maximum atomic E-state index is 6.08. The van der Waals surface area contributed by atoms with Crippen molar-refractivity contribution < 1.29 is 9.57 Å². The molecule has 1 N–H and O–H groups in total. The van der Waals surface area contributed by atoms with E-state index in [9.17, 15) is 0 Å². The van der Waals surface area contributed by atoms with Crippen LogP contribution in [0.3, 0.4) is 0 Å². The summed E-state index contributed by atoms with van der Waals surface area (Å²) in [5.41, 5.74) is 6.85. The van der Waals surface area contributed by atoms with E-state index in [1.54, 1.807) is 0 Å². The van der Waals surface area contributed by atoms with Gasteiger partial charge in [-0.25, -0.2) is 0 Å². The van der Waals surface area contributed by atoms with E-state index in [2.05, 4.69) is 73.1 Å². The molecule has 0 saturated heterocycles. The number of H-pyrrole nitrogens is 1. The molecule has 0 fully saturated rings. The molecule has 0 radical (unpaired) electrons. The molecule has 172 valence electrons. The lowest BCUT2D eigenvalue weighted by atomic mass is 9.99. The van der Waals surface area contributed by atoms with Crippen LogP contribution in [0.15, 0.2) is 59.8 Å². The van der Waals surface area contributed by atoms with E-state index < -0.39 is 0 Å². The van der Waals surface area contributed by atoms with Gasteiger partial charge in [-0.05, 0) is 67.9 Å². The molecule has 4 rings (SSSR count). The smallest absolute Gasteiger partial charge is 0.129 e. The van der Waals surface area contributed by atoms with E-state index >= 15 is 0 Å². The molecule has 5 heteroatoms. The molecule has 0 aliphatic heterocycles. The Labute approximate surface area is 196 Å². The lowest BCUT2D eigenvalue weighted by molar-refractivity contribution is 0.115. The van der Waals surface area contributed by atoms with Crippen molar-refractivity contribution in [3.63, 3.8) is 0 Å². The summed E-state index contributed by atoms with van der Waals surface area (Å²) in [5.74, 6) is 0.864. The van der Waals surface area contributed by atoms with Crippen LogP contribution in [0.1, 0.15) is 36.1 Å². The molecule has 0 aliphatic carbocycles. The molecule has 5 nitrogen and oxygen atoms in total. The average Bonchev–Trinajstić information content (AvgIpc) is 3.23. The number of aromatic amines is 1. The molecule has 3 aromatic carbocycles. The van der Waals surface area contributed by atoms with Crippen LogP contribution < -0.4 is 4.74 Å². The number of nitrogens with one attached hydrogen (secondary N) is 1. The number of hydrogen-bond donors (Lipinski definition) is 1. The summed E-state index contributed by atoms with van der Waals surface area (Å²) in [6.07, 6.45) is 1.83. The molecule has 0 saturated carbocycles. The first-order chi connectivity index (χ1) is 16.1. The maximum absolute atomic E-state index is 6.08. The zero-order chi connectivity index (χ0) is 23.2. The normalized spacial score (nSPS) is 11.8. The van der Waals surface area contributed by atoms with Crippen LogP contribution in [-0.2, 0) is 11.4 Å². The number of oxime groups is 1. The molecule has 0 atom stereocenters. The second kappa shape index (κ2) is 10.5. The molecule has 1 heterocycles. The SMILES string of the molecule is CCN(CC)CCON=Cc1cc(C)c2[nH]c3ccc(OCc4ccccc4)cc3c2c1C. The van der Waals surface area contributed by atoms with Gasteiger partial charge >= 0.3 is 0 Å². The molecular weight excluding hydrogens is 410 g/mol. The first kappa shape index (κ1) is 22.9. The highest BCUT2D eigenvalue weighted by molar-refractivity contribution is 6.12. The van der Waals surface area contributed by atoms with Gasteiger partial charge in [-0.2, -0.15) is 0 Å². The van der Waals surface area contributed by atoms with E-state index in [0.717, 1.165) is 52.9 Å². The van der Waals surface area contributed by atoms with Crippen molar-refractivity contribution in [2.75, 3.05) is 26.2 Å². The Morgan fingerprint density at radius 2 is 1.79 bits per heavy atom. The zero-order valence-corrected chi connectivity index (χ0v) is 20.0. The summed E-state index contributed by atoms with van der Waals surface area (Å²) in [5, 5.41) is 6.62. The predicted molar refractivity (Wildman–Crippen MR) is 137 cm³/mol. The van der Waals surface area contributed by atoms with Crippen LogP contribution in [0.5, 0.6) is 5.75 Å². The highest BCUT2D eigenvalue weighted by atomic mass is 16.6.